The number of hydrogen-bond donors (Lipinski definition) is 0. The molecule has 0 saturated heterocycles. The van der Waals surface area contributed by atoms with E-state index in [1.807, 2.05) is 168 Å². The fourth-order valence-corrected chi connectivity index (χ4v) is 20.5. The molecule has 1 unspecified atom stereocenters. The third-order valence-electron chi connectivity index (χ3n) is 27.9. The van der Waals surface area contributed by atoms with Gasteiger partial charge in [0.2, 0.25) is 0 Å². The monoisotopic (exact) mass is 2180 g/mol. The Morgan fingerprint density at radius 3 is 1.24 bits per heavy atom. The van der Waals surface area contributed by atoms with Crippen molar-refractivity contribution in [2.24, 2.45) is 0 Å². The number of para-hydroxylation sites is 4. The Hall–Kier alpha value is -9.71. The molecule has 30 heteroatoms. The Morgan fingerprint density at radius 1 is 0.389 bits per heavy atom. The molecule has 4 amide bonds. The first-order chi connectivity index (χ1) is 68.7. The molecule has 144 heavy (non-hydrogen) atoms. The van der Waals surface area contributed by atoms with Crippen LogP contribution in [-0.2, 0) is 195 Å². The molecule has 8 aliphatic rings. The first-order valence-electron chi connectivity index (χ1n) is 49.5. The molecule has 8 aliphatic heterocycles. The predicted molar refractivity (Wildman–Crippen MR) is 548 cm³/mol. The number of ketones is 2. The maximum Gasteiger partial charge on any atom is 0.258 e. The zero-order chi connectivity index (χ0) is 98.3. The van der Waals surface area contributed by atoms with Crippen LogP contribution in [0.1, 0.15) is 168 Å². The molecule has 751 valence electrons. The van der Waals surface area contributed by atoms with E-state index in [4.69, 9.17) is 62.2 Å². The van der Waals surface area contributed by atoms with Crippen molar-refractivity contribution in [3.8, 4) is 34.5 Å². The molecule has 0 saturated carbocycles. The van der Waals surface area contributed by atoms with Gasteiger partial charge >= 0.3 is 0 Å². The summed E-state index contributed by atoms with van der Waals surface area (Å²) < 4.78 is 72.0. The fraction of sp³-hybridized carbons (Fsp3) is 0.404. The van der Waals surface area contributed by atoms with E-state index >= 15 is 0 Å². The van der Waals surface area contributed by atoms with Gasteiger partial charge in [0.25, 0.3) is 23.6 Å². The van der Waals surface area contributed by atoms with E-state index in [-0.39, 0.29) is 190 Å². The summed E-state index contributed by atoms with van der Waals surface area (Å²) in [5.74, 6) is 3.55. The number of hydrogen-bond acceptors (Lipinski definition) is 22. The summed E-state index contributed by atoms with van der Waals surface area (Å²) in [7, 11) is 10.4. The summed E-state index contributed by atoms with van der Waals surface area (Å²) in [5.41, 5.74) is 21.2. The second kappa shape index (κ2) is 51.8. The number of rotatable bonds is 44. The third kappa shape index (κ3) is 25.5. The van der Waals surface area contributed by atoms with Crippen LogP contribution in [0.4, 0.5) is 51.2 Å². The quantitative estimate of drug-likeness (QED) is 0.0254. The van der Waals surface area contributed by atoms with E-state index in [0.29, 0.717) is 182 Å². The number of likely N-dealkylation sites (N-methyl/N-ethyl adjacent to an activating group) is 2. The van der Waals surface area contributed by atoms with Crippen LogP contribution in [0.3, 0.4) is 0 Å². The number of carbonyl (C=O) groups excluding carboxylic acids is 6. The number of Topliss-reactive ketones (excluding diaryl/α,β-unsaturated/α-hetero) is 2. The minimum Gasteiger partial charge on any atom is -0.680 e. The van der Waals surface area contributed by atoms with Crippen molar-refractivity contribution < 1.29 is 184 Å². The number of aryl methyl sites for hydroxylation is 3. The Balaban J connectivity index is 0.000000224. The van der Waals surface area contributed by atoms with Crippen LogP contribution >= 0.6 is 0 Å². The fourth-order valence-electron chi connectivity index (χ4n) is 20.5. The van der Waals surface area contributed by atoms with Gasteiger partial charge in [0.05, 0.1) is 91.4 Å². The molecule has 0 aromatic heterocycles. The van der Waals surface area contributed by atoms with Gasteiger partial charge in [0.1, 0.15) is 49.5 Å². The molecule has 3 radical (unpaired) electrons. The zero-order valence-electron chi connectivity index (χ0n) is 84.7. The number of benzene rings is 10. The van der Waals surface area contributed by atoms with Gasteiger partial charge in [-0.2, -0.15) is 0 Å². The van der Waals surface area contributed by atoms with Gasteiger partial charge in [-0.3, -0.25) is 28.8 Å². The van der Waals surface area contributed by atoms with Gasteiger partial charge in [0, 0.05) is 245 Å². The van der Waals surface area contributed by atoms with Crippen LogP contribution in [0.25, 0.3) is 5.32 Å². The van der Waals surface area contributed by atoms with E-state index in [2.05, 4.69) is 103 Å². The van der Waals surface area contributed by atoms with Crippen molar-refractivity contribution in [3.63, 3.8) is 0 Å². The first-order valence-corrected chi connectivity index (χ1v) is 49.5. The molecule has 0 aliphatic carbocycles. The average molecular weight is 2180 g/mol. The van der Waals surface area contributed by atoms with Crippen molar-refractivity contribution in [1.29, 1.82) is 0 Å². The number of nitrogens with zero attached hydrogens (tertiary/aromatic N) is 9. The maximum absolute atomic E-state index is 14.3. The predicted octanol–water partition coefficient (Wildman–Crippen LogP) is 18.7. The molecule has 0 spiro atoms. The molecule has 0 fully saturated rings. The van der Waals surface area contributed by atoms with Crippen LogP contribution in [0, 0.1) is 26.9 Å². The number of methoxy groups -OCH3 is 4. The minimum absolute atomic E-state index is 0. The molecule has 18 rings (SSSR count). The van der Waals surface area contributed by atoms with Crippen LogP contribution in [-0.4, -0.2) is 200 Å². The summed E-state index contributed by atoms with van der Waals surface area (Å²) in [5, 5.41) is 5.09. The van der Waals surface area contributed by atoms with Crippen LogP contribution in [0.5, 0.6) is 34.5 Å². The Morgan fingerprint density at radius 2 is 0.771 bits per heavy atom. The number of carbonyl (C=O) groups is 6. The van der Waals surface area contributed by atoms with Gasteiger partial charge in [-0.25, -0.2) is 13.1 Å². The number of fused-ring (bicyclic) bond motifs is 16. The molecular formula is C114H130N9O18Y3-3. The second-order valence-electron chi connectivity index (χ2n) is 37.3. The molecule has 0 N–H and O–H groups in total. The van der Waals surface area contributed by atoms with Crippen molar-refractivity contribution in [1.82, 2.24) is 0 Å². The molecule has 8 heterocycles. The van der Waals surface area contributed by atoms with Crippen LogP contribution < -0.4 is 67.6 Å². The summed E-state index contributed by atoms with van der Waals surface area (Å²) in [6.45, 7) is 22.1. The average Bonchev–Trinajstić information content (AvgIpc) is 1.62. The van der Waals surface area contributed by atoms with Crippen molar-refractivity contribution in [3.05, 3.63) is 284 Å². The standard InChI is InChI=1S/C57H65N5O9.C57H66N4O9.3Y/c1-7-46(63)15-12-18-60(19-20-68-23-24-69-22-21-66-5)43-27-39(36-70-53-32-51-47(25-38(53)2)56(64)61-44(34-58(51)3)29-41-13-8-10-16-49(41)61)26-40(28-43)37-71-55-33-52-48(31-54(55)67-6)57(65)62-45(35-59(52)4)30-42-14-9-11-17-50(42)62;1-6-46(62)14-11-19-59(20-21-67-24-25-68-23-22-65-4)45-28-39(35-69-53-32-41-17-18-44-30-42-12-7-9-15-50(42)60(44)56(63)47(41)26-37(53)2)27-40(29-45)36-70-55-34-49-48(33-54(55)66-5)57(64)61-51-16-10-8-13-43(51)31-52(61)38(3)58-49;;;/h8-11,13-14,16-17,25-28,31-35,44-45H,7,12,15,18-24,29-30,36-37H2,1-6H3;7-10,12-13,15-16,26-29,32-34,38,44,52H,6,11,14,17-25,30-31,35-36H2,1-5H3,(H,58,64);;;/q-2;;;;/p-1/t44-,45-;38?,44-,52+;;;/m01.../s1. The Labute approximate surface area is 922 Å². The number of amides is 4. The van der Waals surface area contributed by atoms with Gasteiger partial charge in [-0.1, -0.05) is 112 Å². The normalized spacial score (nSPS) is 16.8. The minimum atomic E-state index is -0.150. The number of ether oxygens (including phenoxy) is 12. The van der Waals surface area contributed by atoms with Crippen molar-refractivity contribution in [2.75, 3.05) is 174 Å². The molecule has 10 aromatic rings. The topological polar surface area (TPSA) is 253 Å². The van der Waals surface area contributed by atoms with Gasteiger partial charge in [-0.15, -0.1) is 5.69 Å². The Bertz CT molecular complexity index is 6210. The molecule has 10 aromatic carbocycles. The first kappa shape index (κ1) is 110. The largest absolute Gasteiger partial charge is 0.680 e. The van der Waals surface area contributed by atoms with Crippen molar-refractivity contribution >= 4 is 86.4 Å². The summed E-state index contributed by atoms with van der Waals surface area (Å²) in [6.07, 6.45) is 8.09. The summed E-state index contributed by atoms with van der Waals surface area (Å²) >= 11 is 0. The van der Waals surface area contributed by atoms with E-state index in [0.717, 1.165) is 145 Å². The maximum atomic E-state index is 14.3. The molecular weight excluding hydrogens is 2050 g/mol. The van der Waals surface area contributed by atoms with Gasteiger partial charge in [0.15, 0.2) is 23.0 Å². The summed E-state index contributed by atoms with van der Waals surface area (Å²) in [6, 6.07) is 60.0. The second-order valence-corrected chi connectivity index (χ2v) is 37.3. The van der Waals surface area contributed by atoms with Crippen LogP contribution in [0.15, 0.2) is 182 Å². The smallest absolute Gasteiger partial charge is 0.258 e. The van der Waals surface area contributed by atoms with E-state index < -0.39 is 0 Å². The molecule has 27 nitrogen and oxygen atoms in total. The van der Waals surface area contributed by atoms with Gasteiger partial charge < -0.3 is 101 Å². The SMILES string of the molecule is CCC(=O)CCCN(CCOCCOCCOC)c1cc(COc2cc3c(cc2C)C(=O)N2c4ccccc4C[C@H]2CC3)cc(COc2cc3c(cc2OC)C(=O)N2c4ccccc4C[C@H]2C(C)[N-]3)c1.CCC(=O)CCCN(CCOCCOCCOC)c1cc(COc2cc3c(cc2C)C(=O)N2c4ccccc4C[C@H]2[CH-]N3C)cc(COc2cc3c(cc2OC)C(=O)N2c4ccccc4C[C@H]2[CH-]N3C)c1.[Y].[Y].[Y]. The van der Waals surface area contributed by atoms with Gasteiger partial charge in [-0.05, 0) is 238 Å². The molecule has 5 atom stereocenters. The van der Waals surface area contributed by atoms with E-state index in [1.54, 1.807) is 40.6 Å². The number of anilines is 8. The zero-order valence-corrected chi connectivity index (χ0v) is 93.2. The van der Waals surface area contributed by atoms with E-state index in [9.17, 15) is 28.8 Å². The summed E-state index contributed by atoms with van der Waals surface area (Å²) in [4.78, 5) is 98.2. The van der Waals surface area contributed by atoms with Crippen molar-refractivity contribution in [2.45, 2.75) is 168 Å². The van der Waals surface area contributed by atoms with Crippen LogP contribution in [0.2, 0.25) is 0 Å². The third-order valence-corrected chi connectivity index (χ3v) is 27.9. The van der Waals surface area contributed by atoms with E-state index in [1.165, 1.54) is 11.1 Å². The Kier molecular flexibility index (Phi) is 39.5. The molecule has 0 bridgehead atoms.